The lowest BCUT2D eigenvalue weighted by molar-refractivity contribution is -0.125. The van der Waals surface area contributed by atoms with Crippen LogP contribution in [0.2, 0.25) is 0 Å². The van der Waals surface area contributed by atoms with E-state index in [4.69, 9.17) is 5.73 Å². The molecule has 0 radical (unpaired) electrons. The molecule has 3 heteroatoms. The molecule has 17 heavy (non-hydrogen) atoms. The highest BCUT2D eigenvalue weighted by molar-refractivity contribution is 5.77. The number of carbonyl (C=O) groups excluding carboxylic acids is 1. The predicted molar refractivity (Wildman–Crippen MR) is 71.6 cm³/mol. The standard InChI is InChI=1S/C14H28N2O/c1-11-5-7-14(10-15,8-6-11)16-12(17)9-13(2,3)4/h11H,5-10,15H2,1-4H3,(H,16,17). The van der Waals surface area contributed by atoms with Gasteiger partial charge in [-0.3, -0.25) is 4.79 Å². The van der Waals surface area contributed by atoms with Crippen molar-refractivity contribution in [3.63, 3.8) is 0 Å². The Labute approximate surface area is 106 Å². The van der Waals surface area contributed by atoms with E-state index in [2.05, 4.69) is 33.0 Å². The van der Waals surface area contributed by atoms with E-state index in [1.165, 1.54) is 12.8 Å². The summed E-state index contributed by atoms with van der Waals surface area (Å²) in [6.07, 6.45) is 4.98. The van der Waals surface area contributed by atoms with E-state index in [1.54, 1.807) is 0 Å². The largest absolute Gasteiger partial charge is 0.349 e. The van der Waals surface area contributed by atoms with Crippen LogP contribution in [0.25, 0.3) is 0 Å². The fourth-order valence-corrected chi connectivity index (χ4v) is 2.52. The molecule has 1 saturated carbocycles. The van der Waals surface area contributed by atoms with Gasteiger partial charge >= 0.3 is 0 Å². The first-order chi connectivity index (χ1) is 7.76. The number of hydrogen-bond acceptors (Lipinski definition) is 2. The van der Waals surface area contributed by atoms with Crippen molar-refractivity contribution in [3.8, 4) is 0 Å². The van der Waals surface area contributed by atoms with E-state index in [0.717, 1.165) is 18.8 Å². The maximum atomic E-state index is 12.0. The molecule has 0 aromatic heterocycles. The summed E-state index contributed by atoms with van der Waals surface area (Å²) in [6, 6.07) is 0. The summed E-state index contributed by atoms with van der Waals surface area (Å²) >= 11 is 0. The van der Waals surface area contributed by atoms with Crippen LogP contribution < -0.4 is 11.1 Å². The summed E-state index contributed by atoms with van der Waals surface area (Å²) in [6.45, 7) is 9.10. The van der Waals surface area contributed by atoms with Crippen LogP contribution in [-0.4, -0.2) is 18.0 Å². The molecule has 100 valence electrons. The quantitative estimate of drug-likeness (QED) is 0.796. The molecular formula is C14H28N2O. The van der Waals surface area contributed by atoms with Crippen LogP contribution in [0, 0.1) is 11.3 Å². The predicted octanol–water partition coefficient (Wildman–Crippen LogP) is 2.45. The third kappa shape index (κ3) is 4.66. The zero-order valence-electron chi connectivity index (χ0n) is 11.8. The van der Waals surface area contributed by atoms with Gasteiger partial charge in [0, 0.05) is 13.0 Å². The van der Waals surface area contributed by atoms with Crippen LogP contribution in [0.1, 0.15) is 59.8 Å². The van der Waals surface area contributed by atoms with Gasteiger partial charge in [-0.05, 0) is 37.0 Å². The summed E-state index contributed by atoms with van der Waals surface area (Å²) in [5.74, 6) is 0.923. The minimum Gasteiger partial charge on any atom is -0.349 e. The van der Waals surface area contributed by atoms with Gasteiger partial charge in [0.2, 0.25) is 5.91 Å². The molecule has 1 fully saturated rings. The van der Waals surface area contributed by atoms with Gasteiger partial charge in [-0.25, -0.2) is 0 Å². The lowest BCUT2D eigenvalue weighted by Crippen LogP contribution is -2.55. The van der Waals surface area contributed by atoms with E-state index in [-0.39, 0.29) is 16.9 Å². The van der Waals surface area contributed by atoms with E-state index in [1.807, 2.05) is 0 Å². The highest BCUT2D eigenvalue weighted by Crippen LogP contribution is 2.31. The minimum atomic E-state index is -0.130. The van der Waals surface area contributed by atoms with Crippen molar-refractivity contribution < 1.29 is 4.79 Å². The fraction of sp³-hybridized carbons (Fsp3) is 0.929. The lowest BCUT2D eigenvalue weighted by atomic mass is 9.77. The van der Waals surface area contributed by atoms with E-state index < -0.39 is 0 Å². The van der Waals surface area contributed by atoms with Crippen LogP contribution in [-0.2, 0) is 4.79 Å². The first-order valence-corrected chi connectivity index (χ1v) is 6.77. The van der Waals surface area contributed by atoms with Crippen molar-refractivity contribution in [2.75, 3.05) is 6.54 Å². The highest BCUT2D eigenvalue weighted by atomic mass is 16.1. The zero-order chi connectivity index (χ0) is 13.1. The molecule has 0 heterocycles. The van der Waals surface area contributed by atoms with Gasteiger partial charge in [0.15, 0.2) is 0 Å². The Hall–Kier alpha value is -0.570. The SMILES string of the molecule is CC1CCC(CN)(NC(=O)CC(C)(C)C)CC1. The van der Waals surface area contributed by atoms with E-state index in [9.17, 15) is 4.79 Å². The molecule has 0 aromatic rings. The monoisotopic (exact) mass is 240 g/mol. The number of nitrogens with two attached hydrogens (primary N) is 1. The Morgan fingerprint density at radius 3 is 2.29 bits per heavy atom. The van der Waals surface area contributed by atoms with Crippen LogP contribution in [0.4, 0.5) is 0 Å². The molecule has 0 bridgehead atoms. The molecule has 3 nitrogen and oxygen atoms in total. The first kappa shape index (κ1) is 14.5. The molecule has 0 aromatic carbocycles. The Balaban J connectivity index is 2.54. The average Bonchev–Trinajstić information content (AvgIpc) is 2.19. The van der Waals surface area contributed by atoms with Crippen molar-refractivity contribution in [3.05, 3.63) is 0 Å². The second-order valence-corrected chi connectivity index (χ2v) is 6.95. The second kappa shape index (κ2) is 5.38. The summed E-state index contributed by atoms with van der Waals surface area (Å²) in [4.78, 5) is 12.0. The Bertz CT molecular complexity index is 260. The van der Waals surface area contributed by atoms with Crippen molar-refractivity contribution >= 4 is 5.91 Å². The molecule has 1 amide bonds. The molecule has 1 rings (SSSR count). The fourth-order valence-electron chi connectivity index (χ4n) is 2.52. The van der Waals surface area contributed by atoms with Gasteiger partial charge in [-0.1, -0.05) is 27.7 Å². The minimum absolute atomic E-state index is 0.0435. The molecule has 0 unspecified atom stereocenters. The Morgan fingerprint density at radius 2 is 1.88 bits per heavy atom. The molecule has 0 saturated heterocycles. The van der Waals surface area contributed by atoms with Crippen LogP contribution in [0.3, 0.4) is 0 Å². The third-order valence-corrected chi connectivity index (χ3v) is 3.72. The van der Waals surface area contributed by atoms with Gasteiger partial charge < -0.3 is 11.1 Å². The van der Waals surface area contributed by atoms with E-state index >= 15 is 0 Å². The number of nitrogens with one attached hydrogen (secondary N) is 1. The molecule has 0 spiro atoms. The summed E-state index contributed by atoms with van der Waals surface area (Å²) in [5, 5.41) is 3.20. The number of hydrogen-bond donors (Lipinski definition) is 2. The summed E-state index contributed by atoms with van der Waals surface area (Å²) in [5.41, 5.74) is 5.79. The number of rotatable bonds is 3. The first-order valence-electron chi connectivity index (χ1n) is 6.77. The van der Waals surface area contributed by atoms with Crippen LogP contribution >= 0.6 is 0 Å². The molecule has 1 aliphatic carbocycles. The third-order valence-electron chi connectivity index (χ3n) is 3.72. The molecule has 0 aliphatic heterocycles. The molecule has 1 aliphatic rings. The van der Waals surface area contributed by atoms with E-state index in [0.29, 0.717) is 13.0 Å². The van der Waals surface area contributed by atoms with Gasteiger partial charge in [0.1, 0.15) is 0 Å². The normalized spacial score (nSPS) is 30.1. The Morgan fingerprint density at radius 1 is 1.35 bits per heavy atom. The smallest absolute Gasteiger partial charge is 0.220 e. The summed E-state index contributed by atoms with van der Waals surface area (Å²) < 4.78 is 0. The van der Waals surface area contributed by atoms with Gasteiger partial charge in [-0.2, -0.15) is 0 Å². The van der Waals surface area contributed by atoms with Crippen LogP contribution in [0.15, 0.2) is 0 Å². The maximum absolute atomic E-state index is 12.0. The second-order valence-electron chi connectivity index (χ2n) is 6.95. The Kier molecular flexibility index (Phi) is 4.59. The average molecular weight is 240 g/mol. The number of carbonyl (C=O) groups is 1. The van der Waals surface area contributed by atoms with Crippen molar-refractivity contribution in [1.82, 2.24) is 5.32 Å². The number of amides is 1. The summed E-state index contributed by atoms with van der Waals surface area (Å²) in [7, 11) is 0. The highest BCUT2D eigenvalue weighted by Gasteiger charge is 2.34. The van der Waals surface area contributed by atoms with Gasteiger partial charge in [-0.15, -0.1) is 0 Å². The molecule has 0 atom stereocenters. The van der Waals surface area contributed by atoms with Crippen LogP contribution in [0.5, 0.6) is 0 Å². The zero-order valence-corrected chi connectivity index (χ0v) is 11.8. The van der Waals surface area contributed by atoms with Crippen molar-refractivity contribution in [1.29, 1.82) is 0 Å². The lowest BCUT2D eigenvalue weighted by Gasteiger charge is -2.39. The van der Waals surface area contributed by atoms with Gasteiger partial charge in [0.05, 0.1) is 5.54 Å². The topological polar surface area (TPSA) is 55.1 Å². The van der Waals surface area contributed by atoms with Gasteiger partial charge in [0.25, 0.3) is 0 Å². The van der Waals surface area contributed by atoms with Crippen molar-refractivity contribution in [2.24, 2.45) is 17.1 Å². The maximum Gasteiger partial charge on any atom is 0.220 e. The van der Waals surface area contributed by atoms with Crippen molar-refractivity contribution in [2.45, 2.75) is 65.3 Å². The molecular weight excluding hydrogens is 212 g/mol. The molecule has 3 N–H and O–H groups in total.